The summed E-state index contributed by atoms with van der Waals surface area (Å²) in [5, 5.41) is 40.9. The van der Waals surface area contributed by atoms with Gasteiger partial charge in [0, 0.05) is 6.42 Å². The van der Waals surface area contributed by atoms with Gasteiger partial charge in [-0.05, 0) is 30.5 Å². The monoisotopic (exact) mass is 545 g/mol. The van der Waals surface area contributed by atoms with Crippen molar-refractivity contribution in [2.45, 2.75) is 56.1 Å². The molecule has 0 radical (unpaired) electrons. The molecule has 1 aromatic rings. The van der Waals surface area contributed by atoms with Crippen LogP contribution in [0.1, 0.15) is 43.5 Å². The Labute approximate surface area is 210 Å². The van der Waals surface area contributed by atoms with Crippen LogP contribution in [0.4, 0.5) is 0 Å². The first-order valence-corrected chi connectivity index (χ1v) is 12.2. The van der Waals surface area contributed by atoms with Crippen LogP contribution in [0.15, 0.2) is 23.1 Å². The maximum absolute atomic E-state index is 12.9. The molecule has 0 aliphatic carbocycles. The first kappa shape index (κ1) is 31.0. The lowest BCUT2D eigenvalue weighted by molar-refractivity contribution is -0.140. The van der Waals surface area contributed by atoms with E-state index < -0.39 is 99.3 Å². The van der Waals surface area contributed by atoms with E-state index in [-0.39, 0.29) is 6.29 Å². The second kappa shape index (κ2) is 13.3. The van der Waals surface area contributed by atoms with Gasteiger partial charge in [-0.3, -0.25) is 19.2 Å². The van der Waals surface area contributed by atoms with E-state index in [1.807, 2.05) is 4.72 Å². The van der Waals surface area contributed by atoms with Gasteiger partial charge in [-0.1, -0.05) is 13.8 Å². The first-order chi connectivity index (χ1) is 17.1. The summed E-state index contributed by atoms with van der Waals surface area (Å²) >= 11 is 0. The van der Waals surface area contributed by atoms with Gasteiger partial charge in [0.1, 0.15) is 29.7 Å². The fourth-order valence-electron chi connectivity index (χ4n) is 3.00. The lowest BCUT2D eigenvalue weighted by atomic mass is 10.0. The molecule has 1 rings (SSSR count). The number of aliphatic carboxylic acids is 2. The van der Waals surface area contributed by atoms with Gasteiger partial charge in [0.2, 0.25) is 21.8 Å². The fraction of sp³-hybridized carbons (Fsp3) is 0.429. The summed E-state index contributed by atoms with van der Waals surface area (Å²) in [6.45, 7) is 3.00. The number of carboxylic acids is 3. The number of phenols is 1. The average molecular weight is 546 g/mol. The Kier molecular flexibility index (Phi) is 11.1. The number of nitrogens with one attached hydrogen (secondary N) is 3. The number of rotatable bonds is 15. The zero-order valence-corrected chi connectivity index (χ0v) is 20.5. The Hall–Kier alpha value is -4.05. The quantitative estimate of drug-likeness (QED) is 0.130. The van der Waals surface area contributed by atoms with Crippen LogP contribution >= 0.6 is 0 Å². The molecule has 0 fully saturated rings. The molecule has 7 N–H and O–H groups in total. The molecule has 0 aliphatic rings. The Morgan fingerprint density at radius 3 is 2.08 bits per heavy atom. The van der Waals surface area contributed by atoms with Gasteiger partial charge in [-0.2, -0.15) is 4.72 Å². The average Bonchev–Trinajstić information content (AvgIpc) is 2.78. The van der Waals surface area contributed by atoms with Gasteiger partial charge in [0.15, 0.2) is 0 Å². The molecule has 0 aromatic heterocycles. The first-order valence-electron chi connectivity index (χ1n) is 10.7. The lowest BCUT2D eigenvalue weighted by Gasteiger charge is -2.26. The van der Waals surface area contributed by atoms with E-state index >= 15 is 0 Å². The van der Waals surface area contributed by atoms with Crippen LogP contribution in [-0.2, 0) is 34.0 Å². The van der Waals surface area contributed by atoms with Gasteiger partial charge in [-0.15, -0.1) is 0 Å². The van der Waals surface area contributed by atoms with Crippen molar-refractivity contribution in [3.63, 3.8) is 0 Å². The number of hydrogen-bond acceptors (Lipinski definition) is 9. The Balaban J connectivity index is 3.22. The van der Waals surface area contributed by atoms with Gasteiger partial charge in [0.05, 0.1) is 17.4 Å². The second-order valence-corrected chi connectivity index (χ2v) is 9.88. The minimum Gasteiger partial charge on any atom is -0.507 e. The molecule has 0 aliphatic heterocycles. The minimum atomic E-state index is -4.63. The molecule has 0 spiro atoms. The molecule has 0 bridgehead atoms. The Morgan fingerprint density at radius 1 is 0.973 bits per heavy atom. The molecular weight excluding hydrogens is 518 g/mol. The summed E-state index contributed by atoms with van der Waals surface area (Å²) in [6, 6.07) is -2.20. The molecule has 204 valence electrons. The number of benzene rings is 1. The number of sulfonamides is 1. The molecule has 0 saturated carbocycles. The molecule has 15 nitrogen and oxygen atoms in total. The largest absolute Gasteiger partial charge is 0.507 e. The van der Waals surface area contributed by atoms with Crippen molar-refractivity contribution < 1.29 is 57.6 Å². The summed E-state index contributed by atoms with van der Waals surface area (Å²) in [4.78, 5) is 69.1. The number of carbonyl (C=O) groups excluding carboxylic acids is 3. The molecule has 2 amide bonds. The van der Waals surface area contributed by atoms with Crippen LogP contribution < -0.4 is 15.4 Å². The summed E-state index contributed by atoms with van der Waals surface area (Å²) in [7, 11) is -4.63. The predicted octanol–water partition coefficient (Wildman–Crippen LogP) is -1.10. The molecular formula is C21H27N3O12S. The third kappa shape index (κ3) is 9.49. The normalized spacial score (nSPS) is 13.7. The van der Waals surface area contributed by atoms with E-state index in [4.69, 9.17) is 15.3 Å². The summed E-state index contributed by atoms with van der Waals surface area (Å²) < 4.78 is 27.6. The van der Waals surface area contributed by atoms with Crippen LogP contribution in [0.5, 0.6) is 5.75 Å². The molecule has 3 atom stereocenters. The van der Waals surface area contributed by atoms with Crippen molar-refractivity contribution in [2.75, 3.05) is 0 Å². The molecule has 1 aromatic carbocycles. The summed E-state index contributed by atoms with van der Waals surface area (Å²) in [5.41, 5.74) is -0.739. The number of aromatic hydroxyl groups is 1. The summed E-state index contributed by atoms with van der Waals surface area (Å²) in [5.74, 6) is -7.76. The number of amides is 2. The zero-order chi connectivity index (χ0) is 28.5. The van der Waals surface area contributed by atoms with E-state index in [1.165, 1.54) is 13.8 Å². The van der Waals surface area contributed by atoms with Crippen molar-refractivity contribution in [2.24, 2.45) is 5.92 Å². The molecule has 0 saturated heterocycles. The van der Waals surface area contributed by atoms with Crippen molar-refractivity contribution in [1.82, 2.24) is 15.4 Å². The topological polar surface area (TPSA) is 254 Å². The molecule has 0 heterocycles. The maximum atomic E-state index is 12.9. The minimum absolute atomic E-state index is 0.193. The zero-order valence-electron chi connectivity index (χ0n) is 19.7. The van der Waals surface area contributed by atoms with Crippen molar-refractivity contribution in [1.29, 1.82) is 0 Å². The Morgan fingerprint density at radius 2 is 1.59 bits per heavy atom. The van der Waals surface area contributed by atoms with Gasteiger partial charge in [0.25, 0.3) is 0 Å². The SMILES string of the molecule is CC(C)[C@H](NC(=O)[C@H](CCC(=O)O)NS(=O)(=O)c1ccc(O)c(C(=O)O)c1)C(=O)N[C@H](C=O)CC(=O)O. The van der Waals surface area contributed by atoms with Crippen LogP contribution in [0, 0.1) is 5.92 Å². The van der Waals surface area contributed by atoms with Crippen molar-refractivity contribution in [3.8, 4) is 5.75 Å². The third-order valence-corrected chi connectivity index (χ3v) is 6.37. The molecule has 37 heavy (non-hydrogen) atoms. The van der Waals surface area contributed by atoms with E-state index in [9.17, 15) is 42.3 Å². The second-order valence-electron chi connectivity index (χ2n) is 8.17. The molecule has 0 unspecified atom stereocenters. The van der Waals surface area contributed by atoms with Crippen LogP contribution in [0.25, 0.3) is 0 Å². The Bertz CT molecular complexity index is 1170. The van der Waals surface area contributed by atoms with Crippen LogP contribution in [-0.4, -0.2) is 83.0 Å². The van der Waals surface area contributed by atoms with Crippen LogP contribution in [0.2, 0.25) is 0 Å². The van der Waals surface area contributed by atoms with E-state index in [0.29, 0.717) is 6.07 Å². The number of carbonyl (C=O) groups is 6. The fourth-order valence-corrected chi connectivity index (χ4v) is 4.26. The summed E-state index contributed by atoms with van der Waals surface area (Å²) in [6.07, 6.45) is -1.76. The van der Waals surface area contributed by atoms with E-state index in [0.717, 1.165) is 12.1 Å². The standard InChI is InChI=1S/C21H27N3O12S/c1-10(2)18(20(32)22-11(9-25)7-17(29)30)23-19(31)14(4-6-16(27)28)24-37(35,36)12-3-5-15(26)13(8-12)21(33)34/h3,5,8-11,14,18,24,26H,4,6-7H2,1-2H3,(H,22,32)(H,23,31)(H,27,28)(H,29,30)(H,33,34)/t11-,14-,18-/m0/s1. The smallest absolute Gasteiger partial charge is 0.339 e. The van der Waals surface area contributed by atoms with Crippen LogP contribution in [0.3, 0.4) is 0 Å². The van der Waals surface area contributed by atoms with Gasteiger partial charge >= 0.3 is 17.9 Å². The lowest BCUT2D eigenvalue weighted by Crippen LogP contribution is -2.57. The van der Waals surface area contributed by atoms with Crippen molar-refractivity contribution in [3.05, 3.63) is 23.8 Å². The number of hydrogen-bond donors (Lipinski definition) is 7. The predicted molar refractivity (Wildman–Crippen MR) is 123 cm³/mol. The highest BCUT2D eigenvalue weighted by Crippen LogP contribution is 2.22. The highest BCUT2D eigenvalue weighted by atomic mass is 32.2. The number of aldehydes is 1. The maximum Gasteiger partial charge on any atom is 0.339 e. The van der Waals surface area contributed by atoms with Crippen molar-refractivity contribution >= 4 is 46.0 Å². The number of carboxylic acid groups (broad SMARTS) is 3. The molecule has 16 heteroatoms. The van der Waals surface area contributed by atoms with E-state index in [1.54, 1.807) is 0 Å². The third-order valence-electron chi connectivity index (χ3n) is 4.90. The van der Waals surface area contributed by atoms with E-state index in [2.05, 4.69) is 10.6 Å². The highest BCUT2D eigenvalue weighted by Gasteiger charge is 2.32. The highest BCUT2D eigenvalue weighted by molar-refractivity contribution is 7.89. The van der Waals surface area contributed by atoms with Gasteiger partial charge in [-0.25, -0.2) is 13.2 Å². The number of aromatic carboxylic acids is 1. The van der Waals surface area contributed by atoms with Gasteiger partial charge < -0.3 is 35.9 Å².